The van der Waals surface area contributed by atoms with Gasteiger partial charge in [-0.3, -0.25) is 4.79 Å². The normalized spacial score (nSPS) is 13.1. The molecule has 2 aromatic carbocycles. The van der Waals surface area contributed by atoms with Crippen molar-refractivity contribution in [2.75, 3.05) is 18.5 Å². The van der Waals surface area contributed by atoms with E-state index in [0.29, 0.717) is 43.2 Å². The molecule has 24 heavy (non-hydrogen) atoms. The van der Waals surface area contributed by atoms with E-state index < -0.39 is 6.09 Å². The molecule has 1 aliphatic heterocycles. The summed E-state index contributed by atoms with van der Waals surface area (Å²) in [7, 11) is 0. The van der Waals surface area contributed by atoms with E-state index in [4.69, 9.17) is 9.47 Å². The van der Waals surface area contributed by atoms with Crippen molar-refractivity contribution in [3.05, 3.63) is 54.1 Å². The molecule has 0 spiro atoms. The Morgan fingerprint density at radius 1 is 1.21 bits per heavy atom. The molecule has 2 amide bonds. The Morgan fingerprint density at radius 2 is 2.04 bits per heavy atom. The number of para-hydroxylation sites is 1. The molecule has 0 aromatic heterocycles. The van der Waals surface area contributed by atoms with Crippen molar-refractivity contribution >= 4 is 17.7 Å². The third-order valence-electron chi connectivity index (χ3n) is 3.54. The van der Waals surface area contributed by atoms with Crippen LogP contribution in [0.4, 0.5) is 10.5 Å². The zero-order chi connectivity index (χ0) is 16.8. The summed E-state index contributed by atoms with van der Waals surface area (Å²) in [6, 6.07) is 14.5. The Labute approximate surface area is 139 Å². The first kappa shape index (κ1) is 15.9. The van der Waals surface area contributed by atoms with Gasteiger partial charge in [0.1, 0.15) is 11.5 Å². The molecule has 0 saturated carbocycles. The molecule has 2 N–H and O–H groups in total. The maximum atomic E-state index is 11.7. The molecule has 6 heteroatoms. The first-order valence-corrected chi connectivity index (χ1v) is 7.77. The zero-order valence-electron chi connectivity index (χ0n) is 13.1. The van der Waals surface area contributed by atoms with Gasteiger partial charge in [0.15, 0.2) is 0 Å². The second-order valence-corrected chi connectivity index (χ2v) is 5.36. The van der Waals surface area contributed by atoms with Crippen molar-refractivity contribution in [1.29, 1.82) is 0 Å². The number of benzene rings is 2. The van der Waals surface area contributed by atoms with E-state index in [1.165, 1.54) is 0 Å². The van der Waals surface area contributed by atoms with Gasteiger partial charge in [0.2, 0.25) is 5.91 Å². The smallest absolute Gasteiger partial charge is 0.412 e. The van der Waals surface area contributed by atoms with Crippen molar-refractivity contribution in [1.82, 2.24) is 5.32 Å². The highest BCUT2D eigenvalue weighted by molar-refractivity contribution is 5.93. The van der Waals surface area contributed by atoms with Crippen molar-refractivity contribution in [2.45, 2.75) is 12.8 Å². The van der Waals surface area contributed by atoms with Gasteiger partial charge < -0.3 is 20.1 Å². The fourth-order valence-corrected chi connectivity index (χ4v) is 2.36. The van der Waals surface area contributed by atoms with Gasteiger partial charge in [-0.1, -0.05) is 24.3 Å². The van der Waals surface area contributed by atoms with Crippen molar-refractivity contribution < 1.29 is 19.1 Å². The monoisotopic (exact) mass is 326 g/mol. The standard InChI is InChI=1S/C18H18N2O4/c21-17-9-11-23-16-7-6-13(12-15(16)20-17)8-10-19-18(22)24-14-4-2-1-3-5-14/h1-7,12H,8-11H2,(H,19,22)(H,20,21). The molecule has 0 aliphatic carbocycles. The van der Waals surface area contributed by atoms with Crippen LogP contribution in [0.1, 0.15) is 12.0 Å². The van der Waals surface area contributed by atoms with Crippen LogP contribution in [0.3, 0.4) is 0 Å². The molecule has 0 bridgehead atoms. The summed E-state index contributed by atoms with van der Waals surface area (Å²) in [6.07, 6.45) is 0.469. The van der Waals surface area contributed by atoms with Crippen LogP contribution in [-0.2, 0) is 11.2 Å². The van der Waals surface area contributed by atoms with Gasteiger partial charge in [0.25, 0.3) is 0 Å². The van der Waals surface area contributed by atoms with E-state index in [-0.39, 0.29) is 5.91 Å². The average Bonchev–Trinajstić information content (AvgIpc) is 2.76. The minimum absolute atomic E-state index is 0.0598. The lowest BCUT2D eigenvalue weighted by molar-refractivity contribution is -0.116. The van der Waals surface area contributed by atoms with Crippen LogP contribution in [0, 0.1) is 0 Å². The van der Waals surface area contributed by atoms with Crippen molar-refractivity contribution in [3.8, 4) is 11.5 Å². The number of hydrogen-bond acceptors (Lipinski definition) is 4. The fourth-order valence-electron chi connectivity index (χ4n) is 2.36. The van der Waals surface area contributed by atoms with Crippen molar-refractivity contribution in [3.63, 3.8) is 0 Å². The Balaban J connectivity index is 1.52. The van der Waals surface area contributed by atoms with E-state index in [1.54, 1.807) is 24.3 Å². The molecular formula is C18H18N2O4. The Morgan fingerprint density at radius 3 is 2.88 bits per heavy atom. The molecule has 1 heterocycles. The van der Waals surface area contributed by atoms with Gasteiger partial charge in [0.05, 0.1) is 18.7 Å². The Bertz CT molecular complexity index is 731. The summed E-state index contributed by atoms with van der Waals surface area (Å²) in [6.45, 7) is 0.810. The first-order chi connectivity index (χ1) is 11.7. The minimum Gasteiger partial charge on any atom is -0.491 e. The summed E-state index contributed by atoms with van der Waals surface area (Å²) in [5.41, 5.74) is 1.65. The molecule has 6 nitrogen and oxygen atoms in total. The third-order valence-corrected chi connectivity index (χ3v) is 3.54. The summed E-state index contributed by atoms with van der Waals surface area (Å²) >= 11 is 0. The van der Waals surface area contributed by atoms with Gasteiger partial charge >= 0.3 is 6.09 Å². The third kappa shape index (κ3) is 4.25. The predicted octanol–water partition coefficient (Wildman–Crippen LogP) is 2.74. The molecule has 124 valence electrons. The molecule has 1 aliphatic rings. The second-order valence-electron chi connectivity index (χ2n) is 5.36. The highest BCUT2D eigenvalue weighted by Crippen LogP contribution is 2.28. The van der Waals surface area contributed by atoms with Crippen LogP contribution in [0.5, 0.6) is 11.5 Å². The first-order valence-electron chi connectivity index (χ1n) is 7.77. The van der Waals surface area contributed by atoms with Crippen molar-refractivity contribution in [2.24, 2.45) is 0 Å². The van der Waals surface area contributed by atoms with E-state index in [0.717, 1.165) is 5.56 Å². The van der Waals surface area contributed by atoms with Crippen LogP contribution in [0.2, 0.25) is 0 Å². The number of fused-ring (bicyclic) bond motifs is 1. The van der Waals surface area contributed by atoms with Crippen LogP contribution < -0.4 is 20.1 Å². The number of carbonyl (C=O) groups excluding carboxylic acids is 2. The molecule has 3 rings (SSSR count). The highest BCUT2D eigenvalue weighted by Gasteiger charge is 2.14. The largest absolute Gasteiger partial charge is 0.491 e. The average molecular weight is 326 g/mol. The molecule has 0 saturated heterocycles. The van der Waals surface area contributed by atoms with Gasteiger partial charge in [-0.15, -0.1) is 0 Å². The number of anilines is 1. The van der Waals surface area contributed by atoms with E-state index >= 15 is 0 Å². The summed E-state index contributed by atoms with van der Waals surface area (Å²) in [5, 5.41) is 5.52. The lowest BCUT2D eigenvalue weighted by atomic mass is 10.1. The summed E-state index contributed by atoms with van der Waals surface area (Å²) in [4.78, 5) is 23.3. The van der Waals surface area contributed by atoms with Crippen LogP contribution in [0.25, 0.3) is 0 Å². The van der Waals surface area contributed by atoms with Gasteiger partial charge in [-0.05, 0) is 36.2 Å². The molecule has 2 aromatic rings. The van der Waals surface area contributed by atoms with Crippen LogP contribution in [0.15, 0.2) is 48.5 Å². The van der Waals surface area contributed by atoms with Crippen LogP contribution in [-0.4, -0.2) is 25.2 Å². The molecule has 0 radical (unpaired) electrons. The van der Waals surface area contributed by atoms with E-state index in [1.807, 2.05) is 24.3 Å². The molecule has 0 atom stereocenters. The molecule has 0 unspecified atom stereocenters. The predicted molar refractivity (Wildman–Crippen MR) is 89.4 cm³/mol. The zero-order valence-corrected chi connectivity index (χ0v) is 13.1. The number of carbonyl (C=O) groups is 2. The highest BCUT2D eigenvalue weighted by atomic mass is 16.6. The number of amides is 2. The molecule has 0 fully saturated rings. The van der Waals surface area contributed by atoms with E-state index in [2.05, 4.69) is 10.6 Å². The lowest BCUT2D eigenvalue weighted by Crippen LogP contribution is -2.28. The quantitative estimate of drug-likeness (QED) is 0.906. The van der Waals surface area contributed by atoms with Gasteiger partial charge in [-0.25, -0.2) is 4.79 Å². The van der Waals surface area contributed by atoms with Crippen LogP contribution >= 0.6 is 0 Å². The maximum absolute atomic E-state index is 11.7. The summed E-state index contributed by atoms with van der Waals surface area (Å²) in [5.74, 6) is 1.11. The number of ether oxygens (including phenoxy) is 2. The summed E-state index contributed by atoms with van der Waals surface area (Å²) < 4.78 is 10.7. The number of rotatable bonds is 4. The number of nitrogens with one attached hydrogen (secondary N) is 2. The molecular weight excluding hydrogens is 308 g/mol. The SMILES string of the molecule is O=C1CCOc2ccc(CCNC(=O)Oc3ccccc3)cc2N1. The second kappa shape index (κ2) is 7.50. The number of hydrogen-bond donors (Lipinski definition) is 2. The Hall–Kier alpha value is -3.02. The van der Waals surface area contributed by atoms with Gasteiger partial charge in [0, 0.05) is 6.54 Å². The van der Waals surface area contributed by atoms with Gasteiger partial charge in [-0.2, -0.15) is 0 Å². The topological polar surface area (TPSA) is 76.7 Å². The minimum atomic E-state index is -0.493. The lowest BCUT2D eigenvalue weighted by Gasteiger charge is -2.10. The fraction of sp³-hybridized carbons (Fsp3) is 0.222. The Kier molecular flexibility index (Phi) is 4.96. The maximum Gasteiger partial charge on any atom is 0.412 e. The van der Waals surface area contributed by atoms with E-state index in [9.17, 15) is 9.59 Å².